The van der Waals surface area contributed by atoms with E-state index in [9.17, 15) is 0 Å². The quantitative estimate of drug-likeness (QED) is 0.855. The maximum absolute atomic E-state index is 6.38. The summed E-state index contributed by atoms with van der Waals surface area (Å²) in [5, 5.41) is 3.33. The first-order valence-corrected chi connectivity index (χ1v) is 6.66. The van der Waals surface area contributed by atoms with Crippen molar-refractivity contribution < 1.29 is 9.47 Å². The van der Waals surface area contributed by atoms with E-state index < -0.39 is 0 Å². The Morgan fingerprint density at radius 3 is 2.26 bits per heavy atom. The lowest BCUT2D eigenvalue weighted by Crippen LogP contribution is -2.38. The number of rotatable bonds is 5. The molecule has 4 nitrogen and oxygen atoms in total. The molecule has 0 amide bonds. The van der Waals surface area contributed by atoms with Gasteiger partial charge in [-0.1, -0.05) is 0 Å². The molecule has 0 heterocycles. The third kappa shape index (κ3) is 2.30. The summed E-state index contributed by atoms with van der Waals surface area (Å²) < 4.78 is 11.1. The lowest BCUT2D eigenvalue weighted by Gasteiger charge is -2.27. The zero-order chi connectivity index (χ0) is 14.2. The van der Waals surface area contributed by atoms with Crippen LogP contribution in [0.4, 0.5) is 0 Å². The van der Waals surface area contributed by atoms with E-state index in [1.54, 1.807) is 14.2 Å². The summed E-state index contributed by atoms with van der Waals surface area (Å²) in [7, 11) is 5.35. The number of hydrogen-bond acceptors (Lipinski definition) is 4. The van der Waals surface area contributed by atoms with Crippen molar-refractivity contribution in [2.45, 2.75) is 38.3 Å². The first kappa shape index (κ1) is 14.2. The number of methoxy groups -OCH3 is 2. The molecule has 3 N–H and O–H groups in total. The summed E-state index contributed by atoms with van der Waals surface area (Å²) in [4.78, 5) is 0. The van der Waals surface area contributed by atoms with Crippen LogP contribution in [0.3, 0.4) is 0 Å². The molecule has 0 aromatic heterocycles. The molecule has 1 saturated carbocycles. The van der Waals surface area contributed by atoms with E-state index in [1.165, 1.54) is 0 Å². The normalized spacial score (nSPS) is 18.0. The SMILES string of the molecule is CNC(c1cc(OC)c(C)c(C)c1OC)C1(N)CC1. The Labute approximate surface area is 115 Å². The number of nitrogens with two attached hydrogens (primary N) is 1. The van der Waals surface area contributed by atoms with Crippen molar-refractivity contribution in [2.75, 3.05) is 21.3 Å². The van der Waals surface area contributed by atoms with Crippen LogP contribution in [-0.2, 0) is 0 Å². The fourth-order valence-electron chi connectivity index (χ4n) is 2.77. The number of ether oxygens (including phenoxy) is 2. The van der Waals surface area contributed by atoms with Gasteiger partial charge in [0.15, 0.2) is 0 Å². The Kier molecular flexibility index (Phi) is 3.74. The first-order chi connectivity index (χ1) is 8.98. The number of likely N-dealkylation sites (N-methyl/N-ethyl adjacent to an activating group) is 1. The monoisotopic (exact) mass is 264 g/mol. The molecule has 0 aliphatic heterocycles. The third-order valence-corrected chi connectivity index (χ3v) is 4.25. The number of hydrogen-bond donors (Lipinski definition) is 2. The van der Waals surface area contributed by atoms with Crippen molar-refractivity contribution >= 4 is 0 Å². The highest BCUT2D eigenvalue weighted by molar-refractivity contribution is 5.54. The maximum Gasteiger partial charge on any atom is 0.127 e. The molecule has 0 radical (unpaired) electrons. The van der Waals surface area contributed by atoms with Crippen molar-refractivity contribution in [3.05, 3.63) is 22.8 Å². The van der Waals surface area contributed by atoms with Crippen molar-refractivity contribution in [1.29, 1.82) is 0 Å². The Balaban J connectivity index is 2.57. The van der Waals surface area contributed by atoms with Gasteiger partial charge in [-0.15, -0.1) is 0 Å². The molecular weight excluding hydrogens is 240 g/mol. The molecule has 1 atom stereocenters. The van der Waals surface area contributed by atoms with Gasteiger partial charge in [0, 0.05) is 11.1 Å². The molecule has 106 valence electrons. The van der Waals surface area contributed by atoms with Crippen LogP contribution in [0, 0.1) is 13.8 Å². The smallest absolute Gasteiger partial charge is 0.127 e. The second-order valence-corrected chi connectivity index (χ2v) is 5.41. The Morgan fingerprint density at radius 1 is 1.21 bits per heavy atom. The molecule has 1 fully saturated rings. The summed E-state index contributed by atoms with van der Waals surface area (Å²) >= 11 is 0. The minimum atomic E-state index is -0.158. The Hall–Kier alpha value is -1.26. The van der Waals surface area contributed by atoms with E-state index in [-0.39, 0.29) is 11.6 Å². The highest BCUT2D eigenvalue weighted by Crippen LogP contribution is 2.47. The van der Waals surface area contributed by atoms with Gasteiger partial charge in [0.25, 0.3) is 0 Å². The summed E-state index contributed by atoms with van der Waals surface area (Å²) in [6, 6.07) is 2.14. The first-order valence-electron chi connectivity index (χ1n) is 6.66. The second kappa shape index (κ2) is 5.02. The molecule has 0 spiro atoms. The molecule has 0 bridgehead atoms. The number of benzene rings is 1. The largest absolute Gasteiger partial charge is 0.496 e. The van der Waals surface area contributed by atoms with Crippen LogP contribution in [0.1, 0.15) is 35.6 Å². The van der Waals surface area contributed by atoms with E-state index in [4.69, 9.17) is 15.2 Å². The standard InChI is InChI=1S/C15H24N2O2/c1-9-10(2)13(19-5)11(8-12(9)18-4)14(17-3)15(16)6-7-15/h8,14,17H,6-7,16H2,1-5H3. The lowest BCUT2D eigenvalue weighted by molar-refractivity contribution is 0.374. The van der Waals surface area contributed by atoms with Crippen LogP contribution < -0.4 is 20.5 Å². The van der Waals surface area contributed by atoms with Crippen molar-refractivity contribution in [3.8, 4) is 11.5 Å². The molecule has 0 saturated heterocycles. The van der Waals surface area contributed by atoms with Crippen LogP contribution >= 0.6 is 0 Å². The highest BCUT2D eigenvalue weighted by atomic mass is 16.5. The van der Waals surface area contributed by atoms with E-state index in [2.05, 4.69) is 18.3 Å². The molecule has 1 unspecified atom stereocenters. The van der Waals surface area contributed by atoms with Crippen LogP contribution in [-0.4, -0.2) is 26.8 Å². The lowest BCUT2D eigenvalue weighted by atomic mass is 9.92. The molecular formula is C15H24N2O2. The molecule has 4 heteroatoms. The summed E-state index contributed by atoms with van der Waals surface area (Å²) in [5.41, 5.74) is 9.53. The minimum absolute atomic E-state index is 0.0932. The summed E-state index contributed by atoms with van der Waals surface area (Å²) in [5.74, 6) is 1.80. The average molecular weight is 264 g/mol. The zero-order valence-corrected chi connectivity index (χ0v) is 12.5. The van der Waals surface area contributed by atoms with Crippen LogP contribution in [0.25, 0.3) is 0 Å². The fraction of sp³-hybridized carbons (Fsp3) is 0.600. The van der Waals surface area contributed by atoms with E-state index in [0.29, 0.717) is 0 Å². The molecule has 1 aliphatic carbocycles. The van der Waals surface area contributed by atoms with E-state index >= 15 is 0 Å². The van der Waals surface area contributed by atoms with Gasteiger partial charge in [-0.05, 0) is 50.9 Å². The minimum Gasteiger partial charge on any atom is -0.496 e. The van der Waals surface area contributed by atoms with Gasteiger partial charge in [0.2, 0.25) is 0 Å². The van der Waals surface area contributed by atoms with Gasteiger partial charge in [0.05, 0.1) is 20.3 Å². The summed E-state index contributed by atoms with van der Waals surface area (Å²) in [6.45, 7) is 4.10. The van der Waals surface area contributed by atoms with E-state index in [0.717, 1.165) is 41.0 Å². The fourth-order valence-corrected chi connectivity index (χ4v) is 2.77. The van der Waals surface area contributed by atoms with Crippen LogP contribution in [0.5, 0.6) is 11.5 Å². The van der Waals surface area contributed by atoms with Crippen LogP contribution in [0.2, 0.25) is 0 Å². The van der Waals surface area contributed by atoms with Crippen LogP contribution in [0.15, 0.2) is 6.07 Å². The van der Waals surface area contributed by atoms with Gasteiger partial charge in [-0.3, -0.25) is 0 Å². The molecule has 1 aromatic carbocycles. The maximum atomic E-state index is 6.38. The van der Waals surface area contributed by atoms with Crippen molar-refractivity contribution in [2.24, 2.45) is 5.73 Å². The van der Waals surface area contributed by atoms with Gasteiger partial charge in [-0.25, -0.2) is 0 Å². The zero-order valence-electron chi connectivity index (χ0n) is 12.5. The molecule has 19 heavy (non-hydrogen) atoms. The molecule has 2 rings (SSSR count). The molecule has 1 aliphatic rings. The van der Waals surface area contributed by atoms with E-state index in [1.807, 2.05) is 14.0 Å². The van der Waals surface area contributed by atoms with Gasteiger partial charge in [-0.2, -0.15) is 0 Å². The third-order valence-electron chi connectivity index (χ3n) is 4.25. The molecule has 1 aromatic rings. The topological polar surface area (TPSA) is 56.5 Å². The van der Waals surface area contributed by atoms with Gasteiger partial charge in [0.1, 0.15) is 11.5 Å². The van der Waals surface area contributed by atoms with Crippen molar-refractivity contribution in [3.63, 3.8) is 0 Å². The second-order valence-electron chi connectivity index (χ2n) is 5.41. The highest BCUT2D eigenvalue weighted by Gasteiger charge is 2.47. The average Bonchev–Trinajstić information content (AvgIpc) is 3.13. The Morgan fingerprint density at radius 2 is 1.84 bits per heavy atom. The van der Waals surface area contributed by atoms with Crippen molar-refractivity contribution in [1.82, 2.24) is 5.32 Å². The summed E-state index contributed by atoms with van der Waals surface area (Å²) in [6.07, 6.45) is 2.08. The number of nitrogens with one attached hydrogen (secondary N) is 1. The van der Waals surface area contributed by atoms with Gasteiger partial charge >= 0.3 is 0 Å². The predicted octanol–water partition coefficient (Wildman–Crippen LogP) is 2.07. The predicted molar refractivity (Wildman–Crippen MR) is 77.0 cm³/mol. The van der Waals surface area contributed by atoms with Gasteiger partial charge < -0.3 is 20.5 Å². The Bertz CT molecular complexity index is 482.